The van der Waals surface area contributed by atoms with Crippen molar-refractivity contribution in [3.8, 4) is 11.5 Å². The number of rotatable bonds is 4. The van der Waals surface area contributed by atoms with Gasteiger partial charge < -0.3 is 9.84 Å². The van der Waals surface area contributed by atoms with Crippen molar-refractivity contribution < 1.29 is 9.84 Å². The van der Waals surface area contributed by atoms with E-state index >= 15 is 0 Å². The number of phenols is 1. The van der Waals surface area contributed by atoms with Gasteiger partial charge in [0.15, 0.2) is 16.3 Å². The van der Waals surface area contributed by atoms with Gasteiger partial charge in [-0.1, -0.05) is 75.8 Å². The summed E-state index contributed by atoms with van der Waals surface area (Å²) in [5.74, 6) is 0.412. The first-order valence-electron chi connectivity index (χ1n) is 10.2. The molecule has 5 rings (SSSR count). The van der Waals surface area contributed by atoms with Crippen LogP contribution < -0.4 is 19.6 Å². The van der Waals surface area contributed by atoms with Crippen LogP contribution in [0.15, 0.2) is 93.1 Å². The number of ether oxygens (including phenoxy) is 1. The number of aromatic hydroxyl groups is 1. The molecule has 33 heavy (non-hydrogen) atoms. The number of benzene rings is 3. The Balaban J connectivity index is 1.71. The molecule has 164 valence electrons. The first-order valence-corrected chi connectivity index (χ1v) is 11.9. The van der Waals surface area contributed by atoms with Crippen LogP contribution in [-0.4, -0.2) is 16.8 Å². The van der Waals surface area contributed by atoms with Crippen LogP contribution in [0.2, 0.25) is 0 Å². The summed E-state index contributed by atoms with van der Waals surface area (Å²) < 4.78 is 8.48. The van der Waals surface area contributed by atoms with E-state index in [-0.39, 0.29) is 17.4 Å². The van der Waals surface area contributed by atoms with Gasteiger partial charge in [0.05, 0.1) is 23.4 Å². The fraction of sp³-hybridized carbons (Fsp3) is 0.0769. The lowest BCUT2D eigenvalue weighted by Crippen LogP contribution is -2.36. The summed E-state index contributed by atoms with van der Waals surface area (Å²) >= 11 is 4.84. The molecule has 4 aromatic rings. The van der Waals surface area contributed by atoms with Crippen LogP contribution in [0.1, 0.15) is 22.7 Å². The van der Waals surface area contributed by atoms with Gasteiger partial charge in [-0.25, -0.2) is 4.99 Å². The molecule has 1 unspecified atom stereocenters. The summed E-state index contributed by atoms with van der Waals surface area (Å²) in [4.78, 5) is 19.0. The number of fused-ring (bicyclic) bond motifs is 1. The summed E-state index contributed by atoms with van der Waals surface area (Å²) in [5, 5.41) is 9.88. The van der Waals surface area contributed by atoms with Gasteiger partial charge in [0, 0.05) is 4.47 Å². The lowest BCUT2D eigenvalue weighted by atomic mass is 10.0. The van der Waals surface area contributed by atoms with Crippen molar-refractivity contribution in [2.75, 3.05) is 7.11 Å². The Bertz CT molecular complexity index is 1540. The monoisotopic (exact) mass is 518 g/mol. The van der Waals surface area contributed by atoms with Gasteiger partial charge in [0.25, 0.3) is 5.56 Å². The number of methoxy groups -OCH3 is 1. The second-order valence-corrected chi connectivity index (χ2v) is 9.45. The van der Waals surface area contributed by atoms with Crippen LogP contribution in [0.5, 0.6) is 11.5 Å². The van der Waals surface area contributed by atoms with Gasteiger partial charge in [0.2, 0.25) is 0 Å². The second kappa shape index (κ2) is 8.84. The van der Waals surface area contributed by atoms with Crippen molar-refractivity contribution in [2.24, 2.45) is 4.99 Å². The molecular weight excluding hydrogens is 500 g/mol. The van der Waals surface area contributed by atoms with Crippen LogP contribution in [0, 0.1) is 0 Å². The molecule has 3 aromatic carbocycles. The third-order valence-electron chi connectivity index (χ3n) is 5.43. The van der Waals surface area contributed by atoms with Crippen LogP contribution >= 0.6 is 27.3 Å². The Labute approximate surface area is 202 Å². The van der Waals surface area contributed by atoms with Gasteiger partial charge in [0.1, 0.15) is 0 Å². The second-order valence-electron chi connectivity index (χ2n) is 7.53. The highest BCUT2D eigenvalue weighted by Crippen LogP contribution is 2.28. The first-order chi connectivity index (χ1) is 16.0. The fourth-order valence-corrected chi connectivity index (χ4v) is 5.07. The van der Waals surface area contributed by atoms with Crippen LogP contribution in [0.4, 0.5) is 0 Å². The summed E-state index contributed by atoms with van der Waals surface area (Å²) in [5.41, 5.74) is 3.49. The predicted octanol–water partition coefficient (Wildman–Crippen LogP) is 4.48. The van der Waals surface area contributed by atoms with E-state index in [2.05, 4.69) is 15.9 Å². The molecule has 2 heterocycles. The molecule has 0 spiro atoms. The van der Waals surface area contributed by atoms with E-state index in [1.54, 1.807) is 28.8 Å². The van der Waals surface area contributed by atoms with Crippen LogP contribution in [0.25, 0.3) is 11.8 Å². The molecule has 0 radical (unpaired) electrons. The Morgan fingerprint density at radius 1 is 1.09 bits per heavy atom. The number of thiazole rings is 1. The van der Waals surface area contributed by atoms with Crippen molar-refractivity contribution in [3.63, 3.8) is 0 Å². The Kier molecular flexibility index (Phi) is 5.74. The molecule has 0 amide bonds. The zero-order chi connectivity index (χ0) is 22.9. The first kappa shape index (κ1) is 21.4. The maximum Gasteiger partial charge on any atom is 0.271 e. The average molecular weight is 519 g/mol. The molecule has 0 fully saturated rings. The normalized spacial score (nSPS) is 15.5. The van der Waals surface area contributed by atoms with E-state index in [9.17, 15) is 9.90 Å². The molecule has 1 aromatic heterocycles. The summed E-state index contributed by atoms with van der Waals surface area (Å²) in [6, 6.07) is 22.7. The van der Waals surface area contributed by atoms with Gasteiger partial charge in [-0.2, -0.15) is 0 Å². The third-order valence-corrected chi connectivity index (χ3v) is 6.94. The average Bonchev–Trinajstić information content (AvgIpc) is 3.15. The quantitative estimate of drug-likeness (QED) is 0.433. The number of hydrogen-bond acceptors (Lipinski definition) is 5. The highest BCUT2D eigenvalue weighted by atomic mass is 79.9. The van der Waals surface area contributed by atoms with Crippen molar-refractivity contribution in [2.45, 2.75) is 6.04 Å². The molecule has 1 aliphatic heterocycles. The maximum atomic E-state index is 13.5. The van der Waals surface area contributed by atoms with Crippen molar-refractivity contribution >= 4 is 39.0 Å². The van der Waals surface area contributed by atoms with Gasteiger partial charge in [-0.15, -0.1) is 0 Å². The number of hydrogen-bond donors (Lipinski definition) is 1. The minimum absolute atomic E-state index is 0.0545. The molecular formula is C26H19BrN2O3S. The lowest BCUT2D eigenvalue weighted by Gasteiger charge is -2.19. The molecule has 0 saturated heterocycles. The molecule has 1 N–H and O–H groups in total. The zero-order valence-electron chi connectivity index (χ0n) is 17.6. The van der Waals surface area contributed by atoms with Crippen molar-refractivity contribution in [3.05, 3.63) is 120 Å². The standard InChI is InChI=1S/C26H19BrN2O3S/c1-32-23-13-16(7-12-22(23)30)14-24-25(31)29-21(18-8-10-19(27)11-9-18)15-20(28-26(29)33-24)17-5-3-2-4-6-17/h2-15,21,30H,1H3. The highest BCUT2D eigenvalue weighted by molar-refractivity contribution is 9.10. The molecule has 0 bridgehead atoms. The highest BCUT2D eigenvalue weighted by Gasteiger charge is 2.22. The molecule has 1 atom stereocenters. The SMILES string of the molecule is COc1cc(C=c2sc3n(c2=O)C(c2ccc(Br)cc2)C=C(c2ccccc2)N=3)ccc1O. The Hall–Kier alpha value is -3.42. The summed E-state index contributed by atoms with van der Waals surface area (Å²) in [6.45, 7) is 0. The predicted molar refractivity (Wildman–Crippen MR) is 134 cm³/mol. The number of aromatic nitrogens is 1. The molecule has 0 saturated carbocycles. The lowest BCUT2D eigenvalue weighted by molar-refractivity contribution is 0.373. The van der Waals surface area contributed by atoms with E-state index in [1.165, 1.54) is 18.4 Å². The number of phenolic OH excluding ortho intramolecular Hbond substituents is 1. The molecule has 7 heteroatoms. The molecule has 0 aliphatic carbocycles. The minimum Gasteiger partial charge on any atom is -0.504 e. The van der Waals surface area contributed by atoms with Gasteiger partial charge in [-0.05, 0) is 53.1 Å². The molecule has 1 aliphatic rings. The largest absolute Gasteiger partial charge is 0.504 e. The van der Waals surface area contributed by atoms with E-state index in [0.29, 0.717) is 15.1 Å². The Morgan fingerprint density at radius 2 is 1.85 bits per heavy atom. The summed E-state index contributed by atoms with van der Waals surface area (Å²) in [7, 11) is 1.50. The molecule has 5 nitrogen and oxygen atoms in total. The smallest absolute Gasteiger partial charge is 0.271 e. The Morgan fingerprint density at radius 3 is 2.58 bits per heavy atom. The van der Waals surface area contributed by atoms with E-state index in [0.717, 1.165) is 26.9 Å². The van der Waals surface area contributed by atoms with E-state index in [4.69, 9.17) is 9.73 Å². The maximum absolute atomic E-state index is 13.5. The fourth-order valence-electron chi connectivity index (χ4n) is 3.78. The number of nitrogens with zero attached hydrogens (tertiary/aromatic N) is 2. The topological polar surface area (TPSA) is 63.8 Å². The summed E-state index contributed by atoms with van der Waals surface area (Å²) in [6.07, 6.45) is 3.84. The van der Waals surface area contributed by atoms with Gasteiger partial charge in [-0.3, -0.25) is 9.36 Å². The zero-order valence-corrected chi connectivity index (χ0v) is 20.0. The third kappa shape index (κ3) is 4.17. The number of allylic oxidation sites excluding steroid dienone is 1. The van der Waals surface area contributed by atoms with Gasteiger partial charge >= 0.3 is 0 Å². The van der Waals surface area contributed by atoms with E-state index in [1.807, 2.05) is 60.7 Å². The van der Waals surface area contributed by atoms with Crippen LogP contribution in [-0.2, 0) is 0 Å². The minimum atomic E-state index is -0.277. The number of halogens is 1. The van der Waals surface area contributed by atoms with Crippen LogP contribution in [0.3, 0.4) is 0 Å². The van der Waals surface area contributed by atoms with E-state index < -0.39 is 0 Å². The van der Waals surface area contributed by atoms with Crippen molar-refractivity contribution in [1.82, 2.24) is 4.57 Å². The van der Waals surface area contributed by atoms with Crippen molar-refractivity contribution in [1.29, 1.82) is 0 Å².